The fourth-order valence-electron chi connectivity index (χ4n) is 6.28. The van der Waals surface area contributed by atoms with E-state index in [-0.39, 0.29) is 24.3 Å². The van der Waals surface area contributed by atoms with Gasteiger partial charge < -0.3 is 28.7 Å². The summed E-state index contributed by atoms with van der Waals surface area (Å²) in [5.74, 6) is -0.0188. The van der Waals surface area contributed by atoms with Crippen molar-refractivity contribution >= 4 is 11.7 Å². The zero-order valence-electron chi connectivity index (χ0n) is 24.0. The molecule has 8 heteroatoms. The van der Waals surface area contributed by atoms with Crippen LogP contribution in [0.2, 0.25) is 0 Å². The van der Waals surface area contributed by atoms with Crippen molar-refractivity contribution in [1.29, 1.82) is 0 Å². The molecule has 3 unspecified atom stereocenters. The molecular weight excluding hydrogens is 482 g/mol. The summed E-state index contributed by atoms with van der Waals surface area (Å²) in [6.45, 7) is 19.1. The van der Waals surface area contributed by atoms with Crippen molar-refractivity contribution in [3.63, 3.8) is 0 Å². The van der Waals surface area contributed by atoms with Crippen LogP contribution < -0.4 is 4.90 Å². The molecule has 4 aliphatic rings. The van der Waals surface area contributed by atoms with Crippen molar-refractivity contribution in [3.8, 4) is 0 Å². The first-order valence-corrected chi connectivity index (χ1v) is 14.5. The molecule has 4 saturated heterocycles. The molecule has 0 N–H and O–H groups in total. The summed E-state index contributed by atoms with van der Waals surface area (Å²) in [5.41, 5.74) is 1.33. The summed E-state index contributed by atoms with van der Waals surface area (Å²) >= 11 is 0. The number of esters is 1. The van der Waals surface area contributed by atoms with E-state index >= 15 is 0 Å². The summed E-state index contributed by atoms with van der Waals surface area (Å²) in [7, 11) is 0. The molecule has 38 heavy (non-hydrogen) atoms. The Bertz CT molecular complexity index is 930. The monoisotopic (exact) mass is 529 g/mol. The van der Waals surface area contributed by atoms with Crippen LogP contribution in [0.5, 0.6) is 0 Å². The van der Waals surface area contributed by atoms with Crippen LogP contribution in [-0.4, -0.2) is 104 Å². The van der Waals surface area contributed by atoms with Gasteiger partial charge in [0, 0.05) is 64.7 Å². The quantitative estimate of drug-likeness (QED) is 0.516. The van der Waals surface area contributed by atoms with Crippen molar-refractivity contribution in [1.82, 2.24) is 9.80 Å². The fourth-order valence-corrected chi connectivity index (χ4v) is 6.28. The number of hydrogen-bond acceptors (Lipinski definition) is 8. The van der Waals surface area contributed by atoms with E-state index in [1.54, 1.807) is 0 Å². The van der Waals surface area contributed by atoms with E-state index in [2.05, 4.69) is 26.8 Å². The van der Waals surface area contributed by atoms with Crippen molar-refractivity contribution in [2.75, 3.05) is 63.9 Å². The molecule has 8 nitrogen and oxygen atoms in total. The average molecular weight is 530 g/mol. The smallest absolute Gasteiger partial charge is 0.338 e. The largest absolute Gasteiger partial charge is 0.456 e. The number of fused-ring (bicyclic) bond motifs is 1. The van der Waals surface area contributed by atoms with Gasteiger partial charge in [-0.1, -0.05) is 0 Å². The number of anilines is 1. The number of carbonyl (C=O) groups excluding carboxylic acids is 1. The van der Waals surface area contributed by atoms with Crippen molar-refractivity contribution in [2.45, 2.75) is 83.6 Å². The Balaban J connectivity index is 1.02. The summed E-state index contributed by atoms with van der Waals surface area (Å²) in [4.78, 5) is 19.9. The third-order valence-corrected chi connectivity index (χ3v) is 8.22. The lowest BCUT2D eigenvalue weighted by atomic mass is 9.95. The highest BCUT2D eigenvalue weighted by Crippen LogP contribution is 2.35. The van der Waals surface area contributed by atoms with Gasteiger partial charge in [0.15, 0.2) is 5.79 Å². The molecule has 0 saturated carbocycles. The number of piperidine rings is 1. The van der Waals surface area contributed by atoms with Gasteiger partial charge in [0.1, 0.15) is 11.7 Å². The van der Waals surface area contributed by atoms with Gasteiger partial charge >= 0.3 is 5.97 Å². The molecule has 0 spiro atoms. The minimum atomic E-state index is -0.501. The average Bonchev–Trinajstić information content (AvgIpc) is 3.20. The van der Waals surface area contributed by atoms with E-state index in [9.17, 15) is 4.79 Å². The topological polar surface area (TPSA) is 63.7 Å². The first-order chi connectivity index (χ1) is 18.0. The van der Waals surface area contributed by atoms with Gasteiger partial charge in [-0.3, -0.25) is 4.90 Å². The molecule has 212 valence electrons. The molecule has 4 aliphatic heterocycles. The van der Waals surface area contributed by atoms with Gasteiger partial charge in [-0.2, -0.15) is 0 Å². The van der Waals surface area contributed by atoms with Crippen LogP contribution in [0.1, 0.15) is 64.2 Å². The second-order valence-electron chi connectivity index (χ2n) is 12.9. The van der Waals surface area contributed by atoms with E-state index in [0.717, 1.165) is 64.8 Å². The van der Waals surface area contributed by atoms with Gasteiger partial charge in [-0.25, -0.2) is 4.79 Å². The Labute approximate surface area is 228 Å². The first-order valence-electron chi connectivity index (χ1n) is 14.5. The standard InChI is InChI=1S/C30H47N3O5/c1-29(2,3)38-28(34)23-6-8-24(9-7-23)33-13-10-22(11-14-33)20-31-15-17-32(18-16-31)21-26-27-25(12-19-35-26)36-30(4,5)37-27/h6-9,22,25-27H,10-21H2,1-5H3. The maximum atomic E-state index is 12.3. The Hall–Kier alpha value is -1.71. The Morgan fingerprint density at radius 3 is 2.18 bits per heavy atom. The Morgan fingerprint density at radius 2 is 1.55 bits per heavy atom. The van der Waals surface area contributed by atoms with E-state index in [1.807, 2.05) is 46.8 Å². The van der Waals surface area contributed by atoms with E-state index in [4.69, 9.17) is 18.9 Å². The minimum Gasteiger partial charge on any atom is -0.456 e. The SMILES string of the molecule is CC(C)(C)OC(=O)c1ccc(N2CCC(CN3CCN(CC4OCCC5OC(C)(C)OC45)CC3)CC2)cc1. The highest BCUT2D eigenvalue weighted by molar-refractivity contribution is 5.90. The van der Waals surface area contributed by atoms with Gasteiger partial charge in [-0.05, 0) is 84.1 Å². The van der Waals surface area contributed by atoms with Crippen LogP contribution in [0.15, 0.2) is 24.3 Å². The normalized spacial score (nSPS) is 29.3. The number of rotatable bonds is 6. The van der Waals surface area contributed by atoms with E-state index < -0.39 is 11.4 Å². The number of benzene rings is 1. The Kier molecular flexibility index (Phi) is 8.36. The number of carbonyl (C=O) groups is 1. The predicted molar refractivity (Wildman–Crippen MR) is 148 cm³/mol. The number of hydrogen-bond donors (Lipinski definition) is 0. The second kappa shape index (κ2) is 11.4. The summed E-state index contributed by atoms with van der Waals surface area (Å²) < 4.78 is 23.9. The molecule has 0 aliphatic carbocycles. The maximum absolute atomic E-state index is 12.3. The lowest BCUT2D eigenvalue weighted by Crippen LogP contribution is -2.54. The number of piperazine rings is 1. The number of nitrogens with zero attached hydrogens (tertiary/aromatic N) is 3. The molecule has 0 aromatic heterocycles. The van der Waals surface area contributed by atoms with Crippen molar-refractivity contribution < 1.29 is 23.7 Å². The van der Waals surface area contributed by atoms with Crippen LogP contribution in [0.4, 0.5) is 5.69 Å². The fraction of sp³-hybridized carbons (Fsp3) is 0.767. The van der Waals surface area contributed by atoms with Crippen LogP contribution in [0, 0.1) is 5.92 Å². The van der Waals surface area contributed by atoms with E-state index in [1.165, 1.54) is 25.1 Å². The Morgan fingerprint density at radius 1 is 0.921 bits per heavy atom. The third-order valence-electron chi connectivity index (χ3n) is 8.22. The van der Waals surface area contributed by atoms with Gasteiger partial charge in [-0.15, -0.1) is 0 Å². The summed E-state index contributed by atoms with van der Waals surface area (Å²) in [6, 6.07) is 7.89. The van der Waals surface area contributed by atoms with E-state index in [0.29, 0.717) is 5.56 Å². The van der Waals surface area contributed by atoms with Crippen molar-refractivity contribution in [3.05, 3.63) is 29.8 Å². The molecule has 0 radical (unpaired) electrons. The van der Waals surface area contributed by atoms with Gasteiger partial charge in [0.25, 0.3) is 0 Å². The second-order valence-corrected chi connectivity index (χ2v) is 12.9. The van der Waals surface area contributed by atoms with Crippen LogP contribution in [0.25, 0.3) is 0 Å². The molecular formula is C30H47N3O5. The molecule has 0 amide bonds. The lowest BCUT2D eigenvalue weighted by molar-refractivity contribution is -0.155. The summed E-state index contributed by atoms with van der Waals surface area (Å²) in [6.07, 6.45) is 3.66. The van der Waals surface area contributed by atoms with Crippen LogP contribution >= 0.6 is 0 Å². The molecule has 3 atom stereocenters. The highest BCUT2D eigenvalue weighted by atomic mass is 16.8. The van der Waals surface area contributed by atoms with Gasteiger partial charge in [0.2, 0.25) is 0 Å². The summed E-state index contributed by atoms with van der Waals surface area (Å²) in [5, 5.41) is 0. The van der Waals surface area contributed by atoms with Crippen LogP contribution in [0.3, 0.4) is 0 Å². The third kappa shape index (κ3) is 7.07. The first kappa shape index (κ1) is 27.8. The number of ether oxygens (including phenoxy) is 4. The lowest BCUT2D eigenvalue weighted by Gasteiger charge is -2.41. The highest BCUT2D eigenvalue weighted by Gasteiger charge is 2.48. The zero-order chi connectivity index (χ0) is 26.9. The van der Waals surface area contributed by atoms with Gasteiger partial charge in [0.05, 0.1) is 17.8 Å². The maximum Gasteiger partial charge on any atom is 0.338 e. The molecule has 5 rings (SSSR count). The van der Waals surface area contributed by atoms with Crippen LogP contribution in [-0.2, 0) is 18.9 Å². The van der Waals surface area contributed by atoms with Crippen molar-refractivity contribution in [2.24, 2.45) is 5.92 Å². The molecule has 4 heterocycles. The molecule has 1 aromatic carbocycles. The predicted octanol–water partition coefficient (Wildman–Crippen LogP) is 3.78. The molecule has 1 aromatic rings. The minimum absolute atomic E-state index is 0.0514. The zero-order valence-corrected chi connectivity index (χ0v) is 24.0. The molecule has 4 fully saturated rings. The molecule has 0 bridgehead atoms.